The summed E-state index contributed by atoms with van der Waals surface area (Å²) in [6, 6.07) is 18.3. The van der Waals surface area contributed by atoms with E-state index in [1.165, 1.54) is 0 Å². The van der Waals surface area contributed by atoms with E-state index in [0.29, 0.717) is 39.3 Å². The maximum absolute atomic E-state index is 12.7. The van der Waals surface area contributed by atoms with Crippen molar-refractivity contribution in [3.8, 4) is 5.75 Å². The van der Waals surface area contributed by atoms with E-state index in [1.807, 2.05) is 0 Å². The minimum absolute atomic E-state index is 0.155. The molecule has 0 aliphatic heterocycles. The number of nitrogens with two attached hydrogens (primary N) is 1. The van der Waals surface area contributed by atoms with Gasteiger partial charge in [0.25, 0.3) is 5.91 Å². The van der Waals surface area contributed by atoms with E-state index in [4.69, 9.17) is 15.0 Å². The zero-order chi connectivity index (χ0) is 21.8. The lowest BCUT2D eigenvalue weighted by Gasteiger charge is -2.10. The number of aromatic nitrogens is 1. The highest BCUT2D eigenvalue weighted by Crippen LogP contribution is 2.25. The van der Waals surface area contributed by atoms with Crippen molar-refractivity contribution in [2.75, 3.05) is 28.8 Å². The molecule has 0 atom stereocenters. The van der Waals surface area contributed by atoms with Gasteiger partial charge in [-0.2, -0.15) is 0 Å². The Morgan fingerprint density at radius 1 is 0.903 bits per heavy atom. The van der Waals surface area contributed by atoms with Gasteiger partial charge in [0.15, 0.2) is 11.4 Å². The van der Waals surface area contributed by atoms with Crippen molar-refractivity contribution in [2.45, 2.75) is 0 Å². The molecule has 156 valence electrons. The number of urea groups is 1. The fourth-order valence-corrected chi connectivity index (χ4v) is 3.03. The Balaban J connectivity index is 1.40. The van der Waals surface area contributed by atoms with Gasteiger partial charge in [-0.05, 0) is 48.5 Å². The smallest absolute Gasteiger partial charge is 0.323 e. The van der Waals surface area contributed by atoms with Crippen LogP contribution in [0.2, 0.25) is 0 Å². The largest absolute Gasteiger partial charge is 0.497 e. The maximum atomic E-state index is 12.7. The van der Waals surface area contributed by atoms with E-state index in [9.17, 15) is 9.59 Å². The highest BCUT2D eigenvalue weighted by atomic mass is 16.5. The quantitative estimate of drug-likeness (QED) is 0.382. The third-order valence-electron chi connectivity index (χ3n) is 4.50. The van der Waals surface area contributed by atoms with Crippen molar-refractivity contribution in [3.63, 3.8) is 0 Å². The van der Waals surface area contributed by atoms with Crippen LogP contribution in [-0.4, -0.2) is 24.2 Å². The number of benzene rings is 3. The normalized spacial score (nSPS) is 10.5. The SMILES string of the molecule is COc1cccc(NC(=O)Nc2ccc(NC(=O)c3cccc4onc(N)c34)cc2)c1. The summed E-state index contributed by atoms with van der Waals surface area (Å²) in [5, 5.41) is 12.4. The van der Waals surface area contributed by atoms with Crippen LogP contribution in [0.25, 0.3) is 11.0 Å². The second-order valence-corrected chi connectivity index (χ2v) is 6.59. The van der Waals surface area contributed by atoms with E-state index in [2.05, 4.69) is 21.1 Å². The van der Waals surface area contributed by atoms with Crippen LogP contribution in [0, 0.1) is 0 Å². The minimum atomic E-state index is -0.403. The summed E-state index contributed by atoms with van der Waals surface area (Å²) in [4.78, 5) is 24.9. The Kier molecular flexibility index (Phi) is 5.39. The number of amides is 3. The molecule has 0 saturated carbocycles. The van der Waals surface area contributed by atoms with Crippen molar-refractivity contribution in [1.82, 2.24) is 5.16 Å². The minimum Gasteiger partial charge on any atom is -0.497 e. The molecule has 9 heteroatoms. The molecular formula is C22H19N5O4. The van der Waals surface area contributed by atoms with E-state index < -0.39 is 6.03 Å². The fourth-order valence-electron chi connectivity index (χ4n) is 3.03. The number of carbonyl (C=O) groups is 2. The molecule has 0 aliphatic rings. The first-order chi connectivity index (χ1) is 15.0. The van der Waals surface area contributed by atoms with Gasteiger partial charge in [0.1, 0.15) is 5.75 Å². The molecular weight excluding hydrogens is 398 g/mol. The molecule has 0 unspecified atom stereocenters. The van der Waals surface area contributed by atoms with Crippen LogP contribution in [0.3, 0.4) is 0 Å². The van der Waals surface area contributed by atoms with Gasteiger partial charge in [-0.1, -0.05) is 17.3 Å². The summed E-state index contributed by atoms with van der Waals surface area (Å²) in [6.45, 7) is 0. The molecule has 4 rings (SSSR count). The summed E-state index contributed by atoms with van der Waals surface area (Å²) in [6.07, 6.45) is 0. The molecule has 0 saturated heterocycles. The number of nitrogens with zero attached hydrogens (tertiary/aromatic N) is 1. The van der Waals surface area contributed by atoms with Crippen molar-refractivity contribution < 1.29 is 18.8 Å². The number of nitrogen functional groups attached to an aromatic ring is 1. The monoisotopic (exact) mass is 417 g/mol. The maximum Gasteiger partial charge on any atom is 0.323 e. The van der Waals surface area contributed by atoms with Crippen LogP contribution in [0.15, 0.2) is 71.3 Å². The van der Waals surface area contributed by atoms with E-state index in [-0.39, 0.29) is 11.7 Å². The topological polar surface area (TPSA) is 132 Å². The van der Waals surface area contributed by atoms with Crippen LogP contribution in [0.1, 0.15) is 10.4 Å². The van der Waals surface area contributed by atoms with Crippen molar-refractivity contribution in [1.29, 1.82) is 0 Å². The predicted octanol–water partition coefficient (Wildman–Crippen LogP) is 4.31. The Bertz CT molecular complexity index is 1250. The second-order valence-electron chi connectivity index (χ2n) is 6.59. The number of nitrogens with one attached hydrogen (secondary N) is 3. The third-order valence-corrected chi connectivity index (χ3v) is 4.50. The van der Waals surface area contributed by atoms with Crippen molar-refractivity contribution >= 4 is 45.8 Å². The first-order valence-electron chi connectivity index (χ1n) is 9.31. The first kappa shape index (κ1) is 19.8. The van der Waals surface area contributed by atoms with Crippen LogP contribution >= 0.6 is 0 Å². The standard InChI is InChI=1S/C22H19N5O4/c1-30-16-5-2-4-15(12-16)26-22(29)25-14-10-8-13(9-11-14)24-21(28)17-6-3-7-18-19(17)20(23)27-31-18/h2-12H,1H3,(H2,23,27)(H,24,28)(H2,25,26,29). The molecule has 1 aromatic heterocycles. The average molecular weight is 417 g/mol. The molecule has 0 bridgehead atoms. The van der Waals surface area contributed by atoms with Crippen molar-refractivity contribution in [3.05, 3.63) is 72.3 Å². The zero-order valence-corrected chi connectivity index (χ0v) is 16.5. The molecule has 3 amide bonds. The lowest BCUT2D eigenvalue weighted by Crippen LogP contribution is -2.19. The lowest BCUT2D eigenvalue weighted by atomic mass is 10.1. The number of carbonyl (C=O) groups excluding carboxylic acids is 2. The number of methoxy groups -OCH3 is 1. The van der Waals surface area contributed by atoms with Gasteiger partial charge in [-0.3, -0.25) is 4.79 Å². The van der Waals surface area contributed by atoms with Gasteiger partial charge >= 0.3 is 6.03 Å². The Morgan fingerprint density at radius 3 is 2.32 bits per heavy atom. The van der Waals surface area contributed by atoms with E-state index in [1.54, 1.807) is 73.8 Å². The third kappa shape index (κ3) is 4.40. The van der Waals surface area contributed by atoms with E-state index >= 15 is 0 Å². The molecule has 1 heterocycles. The molecule has 0 fully saturated rings. The predicted molar refractivity (Wildman–Crippen MR) is 118 cm³/mol. The molecule has 9 nitrogen and oxygen atoms in total. The highest BCUT2D eigenvalue weighted by molar-refractivity contribution is 6.14. The number of fused-ring (bicyclic) bond motifs is 1. The second kappa shape index (κ2) is 8.46. The molecule has 4 aromatic rings. The van der Waals surface area contributed by atoms with Crippen LogP contribution in [0.4, 0.5) is 27.7 Å². The van der Waals surface area contributed by atoms with Gasteiger partial charge in [0.2, 0.25) is 0 Å². The fraction of sp³-hybridized carbons (Fsp3) is 0.0455. The van der Waals surface area contributed by atoms with Gasteiger partial charge in [-0.15, -0.1) is 0 Å². The van der Waals surface area contributed by atoms with Gasteiger partial charge < -0.3 is 30.9 Å². The number of ether oxygens (including phenoxy) is 1. The van der Waals surface area contributed by atoms with Gasteiger partial charge in [-0.25, -0.2) is 4.79 Å². The van der Waals surface area contributed by atoms with Crippen LogP contribution in [-0.2, 0) is 0 Å². The number of hydrogen-bond acceptors (Lipinski definition) is 6. The summed E-state index contributed by atoms with van der Waals surface area (Å²) in [7, 11) is 1.56. The molecule has 0 aliphatic carbocycles. The number of hydrogen-bond donors (Lipinski definition) is 4. The lowest BCUT2D eigenvalue weighted by molar-refractivity contribution is 0.102. The zero-order valence-electron chi connectivity index (χ0n) is 16.5. The van der Waals surface area contributed by atoms with Crippen molar-refractivity contribution in [2.24, 2.45) is 0 Å². The van der Waals surface area contributed by atoms with Gasteiger partial charge in [0, 0.05) is 23.1 Å². The molecule has 3 aromatic carbocycles. The first-order valence-corrected chi connectivity index (χ1v) is 9.31. The van der Waals surface area contributed by atoms with Crippen LogP contribution in [0.5, 0.6) is 5.75 Å². The Labute approximate surface area is 177 Å². The number of rotatable bonds is 5. The molecule has 31 heavy (non-hydrogen) atoms. The van der Waals surface area contributed by atoms with Gasteiger partial charge in [0.05, 0.1) is 18.1 Å². The van der Waals surface area contributed by atoms with Crippen LogP contribution < -0.4 is 26.4 Å². The summed E-state index contributed by atoms with van der Waals surface area (Å²) in [5.74, 6) is 0.445. The summed E-state index contributed by atoms with van der Waals surface area (Å²) >= 11 is 0. The Morgan fingerprint density at radius 2 is 1.58 bits per heavy atom. The summed E-state index contributed by atoms with van der Waals surface area (Å²) in [5.41, 5.74) is 8.31. The Hall–Kier alpha value is -4.53. The average Bonchev–Trinajstić information content (AvgIpc) is 3.16. The number of anilines is 4. The van der Waals surface area contributed by atoms with E-state index in [0.717, 1.165) is 0 Å². The molecule has 0 spiro atoms. The molecule has 0 radical (unpaired) electrons. The summed E-state index contributed by atoms with van der Waals surface area (Å²) < 4.78 is 10.2. The molecule has 5 N–H and O–H groups in total. The highest BCUT2D eigenvalue weighted by Gasteiger charge is 2.16.